The number of rotatable bonds is 2. The van der Waals surface area contributed by atoms with Gasteiger partial charge in [0.2, 0.25) is 0 Å². The van der Waals surface area contributed by atoms with Gasteiger partial charge in [0, 0.05) is 11.6 Å². The van der Waals surface area contributed by atoms with Gasteiger partial charge in [-0.15, -0.1) is 0 Å². The summed E-state index contributed by atoms with van der Waals surface area (Å²) in [5, 5.41) is 20.0. The lowest BCUT2D eigenvalue weighted by Crippen LogP contribution is -1.90. The molecule has 0 bridgehead atoms. The van der Waals surface area contributed by atoms with E-state index in [1.54, 1.807) is 29.8 Å². The van der Waals surface area contributed by atoms with Gasteiger partial charge in [0.1, 0.15) is 23.5 Å². The van der Waals surface area contributed by atoms with Crippen LogP contribution in [0.15, 0.2) is 29.8 Å². The molecule has 0 amide bonds. The van der Waals surface area contributed by atoms with Crippen molar-refractivity contribution in [3.63, 3.8) is 0 Å². The van der Waals surface area contributed by atoms with E-state index in [0.717, 1.165) is 0 Å². The molecule has 0 saturated carbocycles. The number of nitriles is 2. The van der Waals surface area contributed by atoms with Crippen LogP contribution >= 0.6 is 11.3 Å². The Balaban J connectivity index is 2.43. The summed E-state index contributed by atoms with van der Waals surface area (Å²) in [6.07, 6.45) is 1.61. The Kier molecular flexibility index (Phi) is 2.81. The molecule has 0 fully saturated rings. The Morgan fingerprint density at radius 3 is 2.75 bits per heavy atom. The number of hydrogen-bond donors (Lipinski definition) is 0. The van der Waals surface area contributed by atoms with Crippen LogP contribution in [-0.4, -0.2) is 4.98 Å². The quantitative estimate of drug-likeness (QED) is 0.790. The van der Waals surface area contributed by atoms with Gasteiger partial charge in [-0.2, -0.15) is 10.5 Å². The molecular formula is C11H5N3OS. The summed E-state index contributed by atoms with van der Waals surface area (Å²) >= 11 is 1.32. The lowest BCUT2D eigenvalue weighted by molar-refractivity contribution is 0.477. The Morgan fingerprint density at radius 1 is 1.25 bits per heavy atom. The molecule has 5 heteroatoms. The van der Waals surface area contributed by atoms with Crippen LogP contribution in [0.5, 0.6) is 10.9 Å². The van der Waals surface area contributed by atoms with Gasteiger partial charge in [-0.05, 0) is 12.1 Å². The predicted molar refractivity (Wildman–Crippen MR) is 58.1 cm³/mol. The van der Waals surface area contributed by atoms with E-state index in [1.807, 2.05) is 12.1 Å². The molecule has 16 heavy (non-hydrogen) atoms. The number of ether oxygens (including phenoxy) is 1. The fraction of sp³-hybridized carbons (Fsp3) is 0. The van der Waals surface area contributed by atoms with Gasteiger partial charge in [0.15, 0.2) is 0 Å². The van der Waals surface area contributed by atoms with Crippen LogP contribution in [0.2, 0.25) is 0 Å². The average Bonchev–Trinajstić information content (AvgIpc) is 2.81. The summed E-state index contributed by atoms with van der Waals surface area (Å²) in [5.41, 5.74) is 0.539. The summed E-state index contributed by atoms with van der Waals surface area (Å²) < 4.78 is 5.42. The van der Waals surface area contributed by atoms with Gasteiger partial charge in [-0.3, -0.25) is 0 Å². The van der Waals surface area contributed by atoms with Crippen LogP contribution in [0.1, 0.15) is 11.1 Å². The van der Waals surface area contributed by atoms with Crippen LogP contribution in [0.25, 0.3) is 0 Å². The average molecular weight is 227 g/mol. The molecule has 0 aliphatic heterocycles. The zero-order valence-electron chi connectivity index (χ0n) is 8.04. The molecule has 4 nitrogen and oxygen atoms in total. The highest BCUT2D eigenvalue weighted by Gasteiger charge is 2.10. The number of nitrogens with zero attached hydrogens (tertiary/aromatic N) is 3. The summed E-state index contributed by atoms with van der Waals surface area (Å²) in [5.74, 6) is 0.358. The summed E-state index contributed by atoms with van der Waals surface area (Å²) in [4.78, 5) is 3.95. The summed E-state index contributed by atoms with van der Waals surface area (Å²) in [6, 6.07) is 8.79. The van der Waals surface area contributed by atoms with E-state index in [-0.39, 0.29) is 5.56 Å². The van der Waals surface area contributed by atoms with E-state index < -0.39 is 0 Å². The van der Waals surface area contributed by atoms with Crippen molar-refractivity contribution >= 4 is 11.3 Å². The maximum absolute atomic E-state index is 8.96. The van der Waals surface area contributed by atoms with Gasteiger partial charge < -0.3 is 4.74 Å². The number of benzene rings is 1. The van der Waals surface area contributed by atoms with E-state index in [0.29, 0.717) is 16.5 Å². The van der Waals surface area contributed by atoms with Gasteiger partial charge in [-0.1, -0.05) is 17.4 Å². The number of hydrogen-bond acceptors (Lipinski definition) is 5. The minimum atomic E-state index is 0.236. The second kappa shape index (κ2) is 4.43. The maximum atomic E-state index is 8.96. The van der Waals surface area contributed by atoms with Crippen molar-refractivity contribution in [2.75, 3.05) is 0 Å². The second-order valence-corrected chi connectivity index (χ2v) is 3.66. The van der Waals surface area contributed by atoms with E-state index >= 15 is 0 Å². The smallest absolute Gasteiger partial charge is 0.278 e. The molecular weight excluding hydrogens is 222 g/mol. The van der Waals surface area contributed by atoms with Crippen molar-refractivity contribution in [1.82, 2.24) is 4.98 Å². The first-order valence-corrected chi connectivity index (χ1v) is 5.23. The highest BCUT2D eigenvalue weighted by Crippen LogP contribution is 2.27. The molecule has 76 valence electrons. The fourth-order valence-corrected chi connectivity index (χ4v) is 1.68. The highest BCUT2D eigenvalue weighted by molar-refractivity contribution is 7.11. The number of thiazole rings is 1. The van der Waals surface area contributed by atoms with Crippen LogP contribution in [0.4, 0.5) is 0 Å². The summed E-state index contributed by atoms with van der Waals surface area (Å²) in [6.45, 7) is 0. The molecule has 0 atom stereocenters. The van der Waals surface area contributed by atoms with Gasteiger partial charge in [0.05, 0.1) is 5.56 Å². The normalized spacial score (nSPS) is 9.12. The van der Waals surface area contributed by atoms with Crippen molar-refractivity contribution in [2.24, 2.45) is 0 Å². The van der Waals surface area contributed by atoms with Crippen LogP contribution in [0, 0.1) is 22.7 Å². The third-order valence-corrected chi connectivity index (χ3v) is 2.51. The minimum Gasteiger partial charge on any atom is -0.429 e. The SMILES string of the molecule is N#Cc1cccc(Oc2nccs2)c1C#N. The molecule has 0 aliphatic carbocycles. The lowest BCUT2D eigenvalue weighted by Gasteiger charge is -2.04. The second-order valence-electron chi connectivity index (χ2n) is 2.80. The molecule has 1 aromatic heterocycles. The molecule has 1 aromatic carbocycles. The number of aromatic nitrogens is 1. The highest BCUT2D eigenvalue weighted by atomic mass is 32.1. The Labute approximate surface area is 96.0 Å². The molecule has 0 saturated heterocycles. The molecule has 2 aromatic rings. The first kappa shape index (κ1) is 10.2. The van der Waals surface area contributed by atoms with Crippen LogP contribution < -0.4 is 4.74 Å². The maximum Gasteiger partial charge on any atom is 0.278 e. The van der Waals surface area contributed by atoms with Crippen molar-refractivity contribution in [2.45, 2.75) is 0 Å². The van der Waals surface area contributed by atoms with E-state index in [2.05, 4.69) is 4.98 Å². The van der Waals surface area contributed by atoms with Gasteiger partial charge >= 0.3 is 0 Å². The van der Waals surface area contributed by atoms with Crippen molar-refractivity contribution < 1.29 is 4.74 Å². The largest absolute Gasteiger partial charge is 0.429 e. The van der Waals surface area contributed by atoms with Crippen LogP contribution in [-0.2, 0) is 0 Å². The molecule has 2 rings (SSSR count). The predicted octanol–water partition coefficient (Wildman–Crippen LogP) is 2.68. The standard InChI is InChI=1S/C11H5N3OS/c12-6-8-2-1-3-10(9(8)7-13)15-11-14-4-5-16-11/h1-5H. The third-order valence-electron chi connectivity index (χ3n) is 1.87. The molecule has 0 spiro atoms. The van der Waals surface area contributed by atoms with Crippen molar-refractivity contribution in [3.05, 3.63) is 40.9 Å². The fourth-order valence-electron chi connectivity index (χ4n) is 1.18. The molecule has 0 aliphatic rings. The zero-order chi connectivity index (χ0) is 11.4. The first-order valence-electron chi connectivity index (χ1n) is 4.35. The monoisotopic (exact) mass is 227 g/mol. The third kappa shape index (κ3) is 1.85. The topological polar surface area (TPSA) is 69.7 Å². The molecule has 0 radical (unpaired) electrons. The molecule has 0 N–H and O–H groups in total. The van der Waals surface area contributed by atoms with Crippen LogP contribution in [0.3, 0.4) is 0 Å². The van der Waals surface area contributed by atoms with Gasteiger partial charge in [-0.25, -0.2) is 4.98 Å². The lowest BCUT2D eigenvalue weighted by atomic mass is 10.1. The molecule has 1 heterocycles. The summed E-state index contributed by atoms with van der Waals surface area (Å²) in [7, 11) is 0. The van der Waals surface area contributed by atoms with E-state index in [1.165, 1.54) is 11.3 Å². The molecule has 0 unspecified atom stereocenters. The van der Waals surface area contributed by atoms with E-state index in [4.69, 9.17) is 15.3 Å². The van der Waals surface area contributed by atoms with E-state index in [9.17, 15) is 0 Å². The zero-order valence-corrected chi connectivity index (χ0v) is 8.86. The van der Waals surface area contributed by atoms with Gasteiger partial charge in [0.25, 0.3) is 5.19 Å². The minimum absolute atomic E-state index is 0.236. The van der Waals surface area contributed by atoms with Crippen molar-refractivity contribution in [1.29, 1.82) is 10.5 Å². The van der Waals surface area contributed by atoms with Crippen molar-refractivity contribution in [3.8, 4) is 23.1 Å². The Bertz CT molecular complexity index is 578. The Morgan fingerprint density at radius 2 is 2.12 bits per heavy atom. The first-order chi connectivity index (χ1) is 7.85. The Hall–Kier alpha value is -2.37.